The molecular weight excluding hydrogens is 275 g/mol. The van der Waals surface area contributed by atoms with Crippen LogP contribution in [0.25, 0.3) is 22.4 Å². The number of pyridine rings is 1. The summed E-state index contributed by atoms with van der Waals surface area (Å²) in [6.07, 6.45) is 1.83. The van der Waals surface area contributed by atoms with E-state index in [4.69, 9.17) is 4.42 Å². The van der Waals surface area contributed by atoms with E-state index in [0.717, 1.165) is 0 Å². The molecule has 1 aromatic carbocycles. The van der Waals surface area contributed by atoms with Gasteiger partial charge in [0.05, 0.1) is 16.5 Å². The lowest BCUT2D eigenvalue weighted by molar-refractivity contribution is 0.474. The largest absolute Gasteiger partial charge is 0.508 e. The predicted octanol–water partition coefficient (Wildman–Crippen LogP) is 2.66. The van der Waals surface area contributed by atoms with Crippen molar-refractivity contribution in [3.63, 3.8) is 0 Å². The second kappa shape index (κ2) is 4.97. The van der Waals surface area contributed by atoms with Crippen molar-refractivity contribution in [2.75, 3.05) is 0 Å². The highest BCUT2D eigenvalue weighted by atomic mass is 19.1. The van der Waals surface area contributed by atoms with Gasteiger partial charge in [0.1, 0.15) is 5.75 Å². The average molecular weight is 286 g/mol. The molecule has 0 aliphatic carbocycles. The minimum Gasteiger partial charge on any atom is -0.508 e. The van der Waals surface area contributed by atoms with Crippen molar-refractivity contribution in [1.29, 1.82) is 0 Å². The summed E-state index contributed by atoms with van der Waals surface area (Å²) < 4.78 is 18.8. The lowest BCUT2D eigenvalue weighted by Crippen LogP contribution is -2.06. The normalized spacial score (nSPS) is 11.0. The third-order valence-electron chi connectivity index (χ3n) is 3.17. The predicted molar refractivity (Wildman–Crippen MR) is 74.5 cm³/mol. The number of rotatable bonds is 2. The highest BCUT2D eigenvalue weighted by molar-refractivity contribution is 5.83. The maximum atomic E-state index is 13.7. The molecule has 0 radical (unpaired) electrons. The fourth-order valence-electron chi connectivity index (χ4n) is 2.20. The Labute approximate surface area is 118 Å². The average Bonchev–Trinajstić information content (AvgIpc) is 2.46. The van der Waals surface area contributed by atoms with E-state index < -0.39 is 11.6 Å². The Bertz CT molecular complexity index is 890. The highest BCUT2D eigenvalue weighted by Gasteiger charge is 2.15. The molecule has 0 unspecified atom stereocenters. The Hall–Kier alpha value is -2.76. The summed E-state index contributed by atoms with van der Waals surface area (Å²) in [5.74, 6) is -0.941. The summed E-state index contributed by atoms with van der Waals surface area (Å²) in [6.45, 7) is 1.85. The van der Waals surface area contributed by atoms with Crippen LogP contribution in [0.15, 0.2) is 39.7 Å². The standard InChI is InChI=1S/C15H11FN2O3/c1-2-8-6-9(19)7-11-12(8)15(20)21-14(18-11)10-4-3-5-17-13(10)16/h3-7,19H,2H2,1H3. The molecule has 3 aromatic rings. The van der Waals surface area contributed by atoms with Gasteiger partial charge < -0.3 is 9.52 Å². The lowest BCUT2D eigenvalue weighted by Gasteiger charge is -2.06. The SMILES string of the molecule is CCc1cc(O)cc2nc(-c3cccnc3F)oc(=O)c12. The van der Waals surface area contributed by atoms with E-state index in [2.05, 4.69) is 9.97 Å². The van der Waals surface area contributed by atoms with Gasteiger partial charge in [0.15, 0.2) is 0 Å². The van der Waals surface area contributed by atoms with Gasteiger partial charge in [-0.3, -0.25) is 0 Å². The van der Waals surface area contributed by atoms with E-state index in [-0.39, 0.29) is 22.7 Å². The molecule has 21 heavy (non-hydrogen) atoms. The zero-order chi connectivity index (χ0) is 15.0. The van der Waals surface area contributed by atoms with Gasteiger partial charge in [0.2, 0.25) is 11.8 Å². The molecule has 6 heteroatoms. The Morgan fingerprint density at radius 1 is 1.38 bits per heavy atom. The minimum absolute atomic E-state index is 0.00195. The number of aromatic nitrogens is 2. The van der Waals surface area contributed by atoms with Gasteiger partial charge >= 0.3 is 5.63 Å². The molecule has 1 N–H and O–H groups in total. The molecule has 5 nitrogen and oxygen atoms in total. The fourth-order valence-corrected chi connectivity index (χ4v) is 2.20. The molecule has 106 valence electrons. The number of nitrogens with zero attached hydrogens (tertiary/aromatic N) is 2. The molecule has 2 heterocycles. The molecule has 0 fully saturated rings. The number of aryl methyl sites for hydroxylation is 1. The van der Waals surface area contributed by atoms with Crippen molar-refractivity contribution in [3.8, 4) is 17.2 Å². The molecule has 0 atom stereocenters. The summed E-state index contributed by atoms with van der Waals surface area (Å²) in [5.41, 5.74) is 0.277. The molecule has 0 saturated carbocycles. The third-order valence-corrected chi connectivity index (χ3v) is 3.17. The lowest BCUT2D eigenvalue weighted by atomic mass is 10.1. The van der Waals surface area contributed by atoms with E-state index >= 15 is 0 Å². The highest BCUT2D eigenvalue weighted by Crippen LogP contribution is 2.25. The number of hydrogen-bond acceptors (Lipinski definition) is 5. The second-order valence-electron chi connectivity index (χ2n) is 4.50. The zero-order valence-corrected chi connectivity index (χ0v) is 11.1. The first kappa shape index (κ1) is 13.2. The molecule has 0 aliphatic heterocycles. The van der Waals surface area contributed by atoms with Gasteiger partial charge in [0.25, 0.3) is 0 Å². The van der Waals surface area contributed by atoms with E-state index in [1.807, 2.05) is 6.92 Å². The summed E-state index contributed by atoms with van der Waals surface area (Å²) in [5, 5.41) is 9.98. The van der Waals surface area contributed by atoms with Crippen LogP contribution < -0.4 is 5.63 Å². The van der Waals surface area contributed by atoms with Gasteiger partial charge in [0, 0.05) is 12.3 Å². The molecule has 0 spiro atoms. The summed E-state index contributed by atoms with van der Waals surface area (Å²) >= 11 is 0. The number of fused-ring (bicyclic) bond motifs is 1. The Kier molecular flexibility index (Phi) is 3.13. The first-order valence-electron chi connectivity index (χ1n) is 6.37. The summed E-state index contributed by atoms with van der Waals surface area (Å²) in [7, 11) is 0. The minimum atomic E-state index is -0.775. The molecule has 0 saturated heterocycles. The van der Waals surface area contributed by atoms with Crippen molar-refractivity contribution in [3.05, 3.63) is 52.4 Å². The molecule has 3 rings (SSSR count). The zero-order valence-electron chi connectivity index (χ0n) is 11.1. The summed E-state index contributed by atoms with van der Waals surface area (Å²) in [6, 6.07) is 5.78. The second-order valence-corrected chi connectivity index (χ2v) is 4.50. The third kappa shape index (κ3) is 2.24. The van der Waals surface area contributed by atoms with Crippen LogP contribution in [0.3, 0.4) is 0 Å². The van der Waals surface area contributed by atoms with Crippen molar-refractivity contribution in [2.45, 2.75) is 13.3 Å². The van der Waals surface area contributed by atoms with Crippen LogP contribution in [-0.4, -0.2) is 15.1 Å². The van der Waals surface area contributed by atoms with Crippen molar-refractivity contribution in [1.82, 2.24) is 9.97 Å². The number of aromatic hydroxyl groups is 1. The van der Waals surface area contributed by atoms with Crippen LogP contribution in [0, 0.1) is 5.95 Å². The first-order valence-corrected chi connectivity index (χ1v) is 6.37. The van der Waals surface area contributed by atoms with Crippen LogP contribution in [0.2, 0.25) is 0 Å². The Morgan fingerprint density at radius 3 is 2.90 bits per heavy atom. The van der Waals surface area contributed by atoms with Crippen LogP contribution in [0.1, 0.15) is 12.5 Å². The summed E-state index contributed by atoms with van der Waals surface area (Å²) in [4.78, 5) is 19.8. The number of phenolic OH excluding ortho intramolecular Hbond substituents is 1. The van der Waals surface area contributed by atoms with Crippen LogP contribution >= 0.6 is 0 Å². The fraction of sp³-hybridized carbons (Fsp3) is 0.133. The van der Waals surface area contributed by atoms with Crippen LogP contribution in [0.5, 0.6) is 5.75 Å². The number of hydrogen-bond donors (Lipinski definition) is 1. The van der Waals surface area contributed by atoms with Crippen LogP contribution in [0.4, 0.5) is 4.39 Å². The Morgan fingerprint density at radius 2 is 2.19 bits per heavy atom. The maximum absolute atomic E-state index is 13.7. The quantitative estimate of drug-likeness (QED) is 0.733. The molecule has 0 amide bonds. The molecule has 0 bridgehead atoms. The number of phenols is 1. The van der Waals surface area contributed by atoms with Crippen LogP contribution in [-0.2, 0) is 6.42 Å². The smallest absolute Gasteiger partial charge is 0.347 e. The van der Waals surface area contributed by atoms with E-state index in [0.29, 0.717) is 17.4 Å². The first-order chi connectivity index (χ1) is 10.1. The number of benzene rings is 1. The van der Waals surface area contributed by atoms with Crippen molar-refractivity contribution < 1.29 is 13.9 Å². The van der Waals surface area contributed by atoms with Gasteiger partial charge in [-0.2, -0.15) is 4.39 Å². The number of halogens is 1. The monoisotopic (exact) mass is 286 g/mol. The topological polar surface area (TPSA) is 76.2 Å². The Balaban J connectivity index is 2.34. The molecular formula is C15H11FN2O3. The van der Waals surface area contributed by atoms with Gasteiger partial charge in [-0.1, -0.05) is 6.92 Å². The van der Waals surface area contributed by atoms with Crippen molar-refractivity contribution >= 4 is 10.9 Å². The van der Waals surface area contributed by atoms with Gasteiger partial charge in [-0.05, 0) is 30.2 Å². The molecule has 0 aliphatic rings. The van der Waals surface area contributed by atoms with Gasteiger partial charge in [-0.25, -0.2) is 14.8 Å². The van der Waals surface area contributed by atoms with E-state index in [9.17, 15) is 14.3 Å². The van der Waals surface area contributed by atoms with E-state index in [1.165, 1.54) is 30.5 Å². The molecule has 2 aromatic heterocycles. The van der Waals surface area contributed by atoms with Crippen molar-refractivity contribution in [2.24, 2.45) is 0 Å². The van der Waals surface area contributed by atoms with E-state index in [1.54, 1.807) is 0 Å². The maximum Gasteiger partial charge on any atom is 0.347 e. The van der Waals surface area contributed by atoms with Gasteiger partial charge in [-0.15, -0.1) is 0 Å².